The number of ether oxygens (including phenoxy) is 1. The maximum atomic E-state index is 11.4. The first kappa shape index (κ1) is 15.0. The third-order valence-electron chi connectivity index (χ3n) is 2.86. The van der Waals surface area contributed by atoms with Crippen LogP contribution in [0.1, 0.15) is 6.92 Å². The van der Waals surface area contributed by atoms with Gasteiger partial charge in [0.25, 0.3) is 11.8 Å². The van der Waals surface area contributed by atoms with Crippen molar-refractivity contribution in [3.05, 3.63) is 35.6 Å². The van der Waals surface area contributed by atoms with E-state index >= 15 is 0 Å². The Labute approximate surface area is 120 Å². The average Bonchev–Trinajstić information content (AvgIpc) is 2.77. The number of amides is 2. The van der Waals surface area contributed by atoms with Crippen molar-refractivity contribution < 1.29 is 24.8 Å². The minimum absolute atomic E-state index is 0.00741. The second kappa shape index (κ2) is 6.35. The third kappa shape index (κ3) is 3.37. The molecular formula is C13H15N3O5. The van der Waals surface area contributed by atoms with E-state index in [1.54, 1.807) is 13.0 Å². The van der Waals surface area contributed by atoms with Crippen LogP contribution < -0.4 is 15.3 Å². The summed E-state index contributed by atoms with van der Waals surface area (Å²) in [7, 11) is 0. The summed E-state index contributed by atoms with van der Waals surface area (Å²) in [5.41, 5.74) is 0.312. The number of anilines is 1. The summed E-state index contributed by atoms with van der Waals surface area (Å²) in [6.45, 7) is 2.12. The van der Waals surface area contributed by atoms with Crippen LogP contribution >= 0.6 is 0 Å². The fourth-order valence-electron chi connectivity index (χ4n) is 1.86. The quantitative estimate of drug-likeness (QED) is 0.495. The van der Waals surface area contributed by atoms with Crippen LogP contribution in [0, 0.1) is 5.21 Å². The molecule has 2 rings (SSSR count). The van der Waals surface area contributed by atoms with Crippen LogP contribution in [0.5, 0.6) is 5.75 Å². The van der Waals surface area contributed by atoms with E-state index in [1.807, 2.05) is 0 Å². The zero-order valence-electron chi connectivity index (χ0n) is 11.3. The molecule has 0 saturated heterocycles. The molecule has 1 aliphatic heterocycles. The predicted octanol–water partition coefficient (Wildman–Crippen LogP) is -0.217. The first-order valence-corrected chi connectivity index (χ1v) is 6.30. The van der Waals surface area contributed by atoms with Crippen molar-refractivity contribution in [2.75, 3.05) is 18.6 Å². The molecule has 2 amide bonds. The zero-order valence-corrected chi connectivity index (χ0v) is 11.3. The number of hydrogen-bond donors (Lipinski definition) is 3. The van der Waals surface area contributed by atoms with E-state index < -0.39 is 17.0 Å². The molecule has 0 spiro atoms. The standard InChI is InChI=1S/C13H15N3O5/c1-2-21-9-3-4-10(11(7-9)16(19)20)14-8-15-12(17)5-6-13(15)18/h3-7,14,16,19H,2,8H2,1H3. The molecule has 1 unspecified atom stereocenters. The number of hydrogen-bond acceptors (Lipinski definition) is 6. The Bertz CT molecular complexity index is 567. The van der Waals surface area contributed by atoms with E-state index in [0.717, 1.165) is 4.90 Å². The van der Waals surface area contributed by atoms with Gasteiger partial charge in [0.15, 0.2) is 5.69 Å². The van der Waals surface area contributed by atoms with Gasteiger partial charge in [-0.15, -0.1) is 0 Å². The lowest BCUT2D eigenvalue weighted by Gasteiger charge is -2.20. The lowest BCUT2D eigenvalue weighted by molar-refractivity contribution is -0.990. The Balaban J connectivity index is 2.12. The SMILES string of the molecule is CCOc1ccc(NCN2C(=O)C=CC2=O)c([NH+]([O-])O)c1. The van der Waals surface area contributed by atoms with E-state index in [0.29, 0.717) is 18.0 Å². The third-order valence-corrected chi connectivity index (χ3v) is 2.86. The smallest absolute Gasteiger partial charge is 0.255 e. The van der Waals surface area contributed by atoms with Crippen LogP contribution in [0.4, 0.5) is 11.4 Å². The van der Waals surface area contributed by atoms with Crippen LogP contribution in [0.3, 0.4) is 0 Å². The van der Waals surface area contributed by atoms with E-state index in [4.69, 9.17) is 4.74 Å². The highest BCUT2D eigenvalue weighted by Gasteiger charge is 2.23. The Morgan fingerprint density at radius 3 is 2.57 bits per heavy atom. The lowest BCUT2D eigenvalue weighted by atomic mass is 10.2. The highest BCUT2D eigenvalue weighted by Crippen LogP contribution is 2.24. The van der Waals surface area contributed by atoms with Crippen molar-refractivity contribution in [2.45, 2.75) is 6.92 Å². The first-order valence-electron chi connectivity index (χ1n) is 6.30. The number of imide groups is 1. The predicted molar refractivity (Wildman–Crippen MR) is 72.9 cm³/mol. The minimum atomic E-state index is -1.13. The summed E-state index contributed by atoms with van der Waals surface area (Å²) in [6, 6.07) is 4.54. The van der Waals surface area contributed by atoms with Gasteiger partial charge in [-0.3, -0.25) is 14.5 Å². The van der Waals surface area contributed by atoms with Crippen molar-refractivity contribution in [1.29, 1.82) is 0 Å². The summed E-state index contributed by atoms with van der Waals surface area (Å²) in [5, 5.41) is 22.1. The molecule has 1 aromatic rings. The Morgan fingerprint density at radius 2 is 2.00 bits per heavy atom. The Hall–Kier alpha value is -2.42. The second-order valence-corrected chi connectivity index (χ2v) is 4.22. The topological polar surface area (TPSA) is 106 Å². The number of carbonyl (C=O) groups is 2. The monoisotopic (exact) mass is 293 g/mol. The zero-order chi connectivity index (χ0) is 15.4. The lowest BCUT2D eigenvalue weighted by Crippen LogP contribution is -2.99. The highest BCUT2D eigenvalue weighted by molar-refractivity contribution is 6.12. The molecule has 8 nitrogen and oxygen atoms in total. The number of carbonyl (C=O) groups excluding carboxylic acids is 2. The van der Waals surface area contributed by atoms with Gasteiger partial charge in [-0.25, -0.2) is 5.21 Å². The van der Waals surface area contributed by atoms with Gasteiger partial charge in [-0.2, -0.15) is 5.23 Å². The van der Waals surface area contributed by atoms with Gasteiger partial charge in [-0.05, 0) is 19.1 Å². The van der Waals surface area contributed by atoms with Crippen molar-refractivity contribution >= 4 is 23.2 Å². The first-order chi connectivity index (χ1) is 10.0. The molecule has 0 radical (unpaired) electrons. The maximum absolute atomic E-state index is 11.4. The number of quaternary nitrogens is 1. The molecule has 1 atom stereocenters. The van der Waals surface area contributed by atoms with E-state index in [-0.39, 0.29) is 12.4 Å². The molecule has 0 saturated carbocycles. The van der Waals surface area contributed by atoms with Gasteiger partial charge in [0.2, 0.25) is 0 Å². The summed E-state index contributed by atoms with van der Waals surface area (Å²) >= 11 is 0. The molecule has 1 heterocycles. The van der Waals surface area contributed by atoms with Gasteiger partial charge in [-0.1, -0.05) is 0 Å². The largest absolute Gasteiger partial charge is 0.595 e. The van der Waals surface area contributed by atoms with E-state index in [2.05, 4.69) is 5.32 Å². The Morgan fingerprint density at radius 1 is 1.33 bits per heavy atom. The molecule has 8 heteroatoms. The van der Waals surface area contributed by atoms with Crippen LogP contribution in [0.2, 0.25) is 0 Å². The minimum Gasteiger partial charge on any atom is -0.595 e. The van der Waals surface area contributed by atoms with Crippen molar-refractivity contribution in [2.24, 2.45) is 0 Å². The van der Waals surface area contributed by atoms with Crippen LogP contribution in [0.15, 0.2) is 30.4 Å². The Kier molecular flexibility index (Phi) is 4.53. The van der Waals surface area contributed by atoms with Gasteiger partial charge < -0.3 is 15.3 Å². The summed E-state index contributed by atoms with van der Waals surface area (Å²) in [5.74, 6) is -0.430. The molecule has 21 heavy (non-hydrogen) atoms. The average molecular weight is 293 g/mol. The number of rotatable bonds is 6. The summed E-state index contributed by atoms with van der Waals surface area (Å²) in [4.78, 5) is 23.8. The van der Waals surface area contributed by atoms with Crippen LogP contribution in [0.25, 0.3) is 0 Å². The molecule has 0 aliphatic carbocycles. The molecule has 0 aromatic heterocycles. The number of nitrogens with one attached hydrogen (secondary N) is 2. The summed E-state index contributed by atoms with van der Waals surface area (Å²) in [6.07, 6.45) is 2.33. The van der Waals surface area contributed by atoms with E-state index in [9.17, 15) is 20.0 Å². The van der Waals surface area contributed by atoms with Crippen LogP contribution in [-0.2, 0) is 9.59 Å². The van der Waals surface area contributed by atoms with Gasteiger partial charge in [0.05, 0.1) is 13.3 Å². The molecule has 3 N–H and O–H groups in total. The number of nitrogens with zero attached hydrogens (tertiary/aromatic N) is 1. The highest BCUT2D eigenvalue weighted by atomic mass is 16.8. The fourth-order valence-corrected chi connectivity index (χ4v) is 1.86. The van der Waals surface area contributed by atoms with Crippen molar-refractivity contribution in [3.63, 3.8) is 0 Å². The van der Waals surface area contributed by atoms with Gasteiger partial charge in [0.1, 0.15) is 11.4 Å². The number of benzene rings is 1. The molecule has 0 bridgehead atoms. The fraction of sp³-hybridized carbons (Fsp3) is 0.231. The van der Waals surface area contributed by atoms with Crippen molar-refractivity contribution in [1.82, 2.24) is 4.90 Å². The second-order valence-electron chi connectivity index (χ2n) is 4.22. The normalized spacial score (nSPS) is 15.5. The molecule has 1 aliphatic rings. The summed E-state index contributed by atoms with van der Waals surface area (Å²) < 4.78 is 5.24. The maximum Gasteiger partial charge on any atom is 0.255 e. The van der Waals surface area contributed by atoms with Gasteiger partial charge >= 0.3 is 0 Å². The van der Waals surface area contributed by atoms with Crippen molar-refractivity contribution in [3.8, 4) is 5.75 Å². The molecule has 0 fully saturated rings. The molecular weight excluding hydrogens is 278 g/mol. The molecule has 1 aromatic carbocycles. The van der Waals surface area contributed by atoms with Gasteiger partial charge in [0, 0.05) is 18.2 Å². The van der Waals surface area contributed by atoms with E-state index in [1.165, 1.54) is 24.3 Å². The van der Waals surface area contributed by atoms with Crippen LogP contribution in [-0.4, -0.2) is 35.2 Å². The molecule has 112 valence electrons.